The van der Waals surface area contributed by atoms with E-state index in [-0.39, 0.29) is 0 Å². The van der Waals surface area contributed by atoms with Crippen LogP contribution >= 0.6 is 15.9 Å². The topological polar surface area (TPSA) is 32.3 Å². The van der Waals surface area contributed by atoms with E-state index in [0.717, 1.165) is 17.4 Å². The third-order valence-electron chi connectivity index (χ3n) is 2.44. The molecule has 0 fully saturated rings. The molecule has 2 nitrogen and oxygen atoms in total. The van der Waals surface area contributed by atoms with E-state index in [0.29, 0.717) is 6.54 Å². The van der Waals surface area contributed by atoms with Crippen molar-refractivity contribution in [2.24, 2.45) is 0 Å². The molecule has 0 saturated carbocycles. The summed E-state index contributed by atoms with van der Waals surface area (Å²) in [7, 11) is 0. The van der Waals surface area contributed by atoms with Crippen molar-refractivity contribution < 1.29 is 5.11 Å². The van der Waals surface area contributed by atoms with Crippen LogP contribution in [0, 0.1) is 6.92 Å². The molecule has 90 valence electrons. The minimum Gasteiger partial charge on any atom is -0.389 e. The molecule has 3 heteroatoms. The first kappa shape index (κ1) is 13.7. The number of rotatable bonds is 5. The highest BCUT2D eigenvalue weighted by molar-refractivity contribution is 9.10. The number of nitrogens with one attached hydrogen (secondary N) is 1. The van der Waals surface area contributed by atoms with E-state index in [9.17, 15) is 5.11 Å². The molecule has 0 amide bonds. The molecule has 0 radical (unpaired) electrons. The number of halogens is 1. The van der Waals surface area contributed by atoms with Gasteiger partial charge in [0.2, 0.25) is 0 Å². The van der Waals surface area contributed by atoms with E-state index in [4.69, 9.17) is 0 Å². The molecule has 16 heavy (non-hydrogen) atoms. The second-order valence-electron chi connectivity index (χ2n) is 4.81. The normalized spacial score (nSPS) is 11.8. The Kier molecular flexibility index (Phi) is 4.96. The van der Waals surface area contributed by atoms with Crippen LogP contribution in [0.1, 0.15) is 25.0 Å². The van der Waals surface area contributed by atoms with E-state index < -0.39 is 5.60 Å². The van der Waals surface area contributed by atoms with Gasteiger partial charge in [0.25, 0.3) is 0 Å². The Balaban J connectivity index is 2.40. The quantitative estimate of drug-likeness (QED) is 0.816. The summed E-state index contributed by atoms with van der Waals surface area (Å²) < 4.78 is 1.12. The van der Waals surface area contributed by atoms with Crippen molar-refractivity contribution in [3.05, 3.63) is 33.8 Å². The van der Waals surface area contributed by atoms with Gasteiger partial charge < -0.3 is 10.4 Å². The van der Waals surface area contributed by atoms with Gasteiger partial charge >= 0.3 is 0 Å². The lowest BCUT2D eigenvalue weighted by atomic mass is 10.1. The summed E-state index contributed by atoms with van der Waals surface area (Å²) in [5.74, 6) is 0. The molecule has 0 spiro atoms. The van der Waals surface area contributed by atoms with Crippen LogP contribution < -0.4 is 5.32 Å². The minimum atomic E-state index is -0.633. The predicted octanol–water partition coefficient (Wildman–Crippen LogP) is 2.66. The number of aryl methyl sites for hydroxylation is 1. The molecule has 0 bridgehead atoms. The SMILES string of the molecule is Cc1ccc(Br)cc1CCNCC(C)(C)O. The molecular formula is C13H20BrNO. The van der Waals surface area contributed by atoms with Crippen molar-refractivity contribution in [3.63, 3.8) is 0 Å². The van der Waals surface area contributed by atoms with Gasteiger partial charge in [-0.3, -0.25) is 0 Å². The van der Waals surface area contributed by atoms with Crippen molar-refractivity contribution in [1.29, 1.82) is 0 Å². The maximum atomic E-state index is 9.54. The molecule has 0 aliphatic heterocycles. The van der Waals surface area contributed by atoms with Gasteiger partial charge in [0.1, 0.15) is 0 Å². The Hall–Kier alpha value is -0.380. The van der Waals surface area contributed by atoms with Crippen LogP contribution in [0.4, 0.5) is 0 Å². The number of benzene rings is 1. The largest absolute Gasteiger partial charge is 0.389 e. The fraction of sp³-hybridized carbons (Fsp3) is 0.538. The Labute approximate surface area is 106 Å². The van der Waals surface area contributed by atoms with E-state index in [1.807, 2.05) is 13.8 Å². The lowest BCUT2D eigenvalue weighted by Crippen LogP contribution is -2.35. The van der Waals surface area contributed by atoms with Crippen LogP contribution in [0.25, 0.3) is 0 Å². The molecule has 0 aliphatic carbocycles. The summed E-state index contributed by atoms with van der Waals surface area (Å²) >= 11 is 3.48. The van der Waals surface area contributed by atoms with Gasteiger partial charge in [0.05, 0.1) is 5.60 Å². The van der Waals surface area contributed by atoms with Crippen LogP contribution in [-0.4, -0.2) is 23.8 Å². The van der Waals surface area contributed by atoms with E-state index in [2.05, 4.69) is 46.4 Å². The number of hydrogen-bond acceptors (Lipinski definition) is 2. The van der Waals surface area contributed by atoms with Crippen molar-refractivity contribution >= 4 is 15.9 Å². The van der Waals surface area contributed by atoms with Crippen molar-refractivity contribution in [2.45, 2.75) is 32.8 Å². The monoisotopic (exact) mass is 285 g/mol. The molecule has 0 heterocycles. The van der Waals surface area contributed by atoms with Crippen LogP contribution in [-0.2, 0) is 6.42 Å². The highest BCUT2D eigenvalue weighted by atomic mass is 79.9. The van der Waals surface area contributed by atoms with Gasteiger partial charge in [-0.25, -0.2) is 0 Å². The van der Waals surface area contributed by atoms with Crippen LogP contribution in [0.15, 0.2) is 22.7 Å². The number of aliphatic hydroxyl groups is 1. The van der Waals surface area contributed by atoms with E-state index >= 15 is 0 Å². The Morgan fingerprint density at radius 3 is 2.69 bits per heavy atom. The van der Waals surface area contributed by atoms with Crippen molar-refractivity contribution in [3.8, 4) is 0 Å². The second kappa shape index (κ2) is 5.80. The Morgan fingerprint density at radius 2 is 2.06 bits per heavy atom. The zero-order chi connectivity index (χ0) is 12.2. The summed E-state index contributed by atoms with van der Waals surface area (Å²) in [6.07, 6.45) is 0.987. The van der Waals surface area contributed by atoms with Gasteiger partial charge in [-0.05, 0) is 57.0 Å². The van der Waals surface area contributed by atoms with E-state index in [1.165, 1.54) is 11.1 Å². The van der Waals surface area contributed by atoms with Gasteiger partial charge in [-0.2, -0.15) is 0 Å². The summed E-state index contributed by atoms with van der Waals surface area (Å²) in [6.45, 7) is 7.26. The van der Waals surface area contributed by atoms with Gasteiger partial charge in [0, 0.05) is 11.0 Å². The molecule has 0 aliphatic rings. The average molecular weight is 286 g/mol. The van der Waals surface area contributed by atoms with Crippen LogP contribution in [0.2, 0.25) is 0 Å². The molecule has 0 unspecified atom stereocenters. The third-order valence-corrected chi connectivity index (χ3v) is 2.93. The standard InChI is InChI=1S/C13H20BrNO/c1-10-4-5-12(14)8-11(10)6-7-15-9-13(2,3)16/h4-5,8,15-16H,6-7,9H2,1-3H3. The van der Waals surface area contributed by atoms with Crippen molar-refractivity contribution in [1.82, 2.24) is 5.32 Å². The molecule has 0 atom stereocenters. The first-order valence-electron chi connectivity index (χ1n) is 5.56. The third kappa shape index (κ3) is 5.10. The van der Waals surface area contributed by atoms with Gasteiger partial charge in [0.15, 0.2) is 0 Å². The molecule has 2 N–H and O–H groups in total. The Bertz CT molecular complexity index is 344. The molecule has 1 rings (SSSR count). The fourth-order valence-electron chi connectivity index (χ4n) is 1.53. The summed E-state index contributed by atoms with van der Waals surface area (Å²) in [4.78, 5) is 0. The maximum Gasteiger partial charge on any atom is 0.0715 e. The minimum absolute atomic E-state index is 0.625. The second-order valence-corrected chi connectivity index (χ2v) is 5.73. The first-order valence-corrected chi connectivity index (χ1v) is 6.36. The molecule has 0 aromatic heterocycles. The zero-order valence-electron chi connectivity index (χ0n) is 10.2. The maximum absolute atomic E-state index is 9.54. The lowest BCUT2D eigenvalue weighted by molar-refractivity contribution is 0.0801. The molecule has 1 aromatic rings. The summed E-state index contributed by atoms with van der Waals surface area (Å²) in [5.41, 5.74) is 2.03. The highest BCUT2D eigenvalue weighted by Crippen LogP contribution is 2.16. The zero-order valence-corrected chi connectivity index (χ0v) is 11.8. The molecule has 0 saturated heterocycles. The Morgan fingerprint density at radius 1 is 1.38 bits per heavy atom. The molecule has 1 aromatic carbocycles. The highest BCUT2D eigenvalue weighted by Gasteiger charge is 2.10. The fourth-order valence-corrected chi connectivity index (χ4v) is 1.94. The first-order chi connectivity index (χ1) is 7.38. The lowest BCUT2D eigenvalue weighted by Gasteiger charge is -2.17. The smallest absolute Gasteiger partial charge is 0.0715 e. The number of hydrogen-bond donors (Lipinski definition) is 2. The van der Waals surface area contributed by atoms with Gasteiger partial charge in [-0.15, -0.1) is 0 Å². The van der Waals surface area contributed by atoms with Gasteiger partial charge in [-0.1, -0.05) is 22.0 Å². The van der Waals surface area contributed by atoms with Crippen LogP contribution in [0.5, 0.6) is 0 Å². The average Bonchev–Trinajstić information content (AvgIpc) is 2.16. The summed E-state index contributed by atoms with van der Waals surface area (Å²) in [5, 5.41) is 12.8. The predicted molar refractivity (Wildman–Crippen MR) is 71.8 cm³/mol. The van der Waals surface area contributed by atoms with Crippen molar-refractivity contribution in [2.75, 3.05) is 13.1 Å². The summed E-state index contributed by atoms with van der Waals surface area (Å²) in [6, 6.07) is 6.33. The molecular weight excluding hydrogens is 266 g/mol. The van der Waals surface area contributed by atoms with Crippen LogP contribution in [0.3, 0.4) is 0 Å². The van der Waals surface area contributed by atoms with E-state index in [1.54, 1.807) is 0 Å².